The van der Waals surface area contributed by atoms with Crippen molar-refractivity contribution in [3.8, 4) is 5.75 Å². The van der Waals surface area contributed by atoms with E-state index in [4.69, 9.17) is 4.74 Å². The maximum absolute atomic E-state index is 12.6. The van der Waals surface area contributed by atoms with Gasteiger partial charge in [-0.15, -0.1) is 0 Å². The molecule has 1 unspecified atom stereocenters. The Kier molecular flexibility index (Phi) is 7.31. The van der Waals surface area contributed by atoms with Crippen molar-refractivity contribution in [1.82, 2.24) is 9.47 Å². The fraction of sp³-hybridized carbons (Fsp3) is 0.393. The molecule has 33 heavy (non-hydrogen) atoms. The molecule has 1 aromatic heterocycles. The quantitative estimate of drug-likeness (QED) is 0.550. The first kappa shape index (κ1) is 23.3. The largest absolute Gasteiger partial charge is 0.489 e. The lowest BCUT2D eigenvalue weighted by atomic mass is 9.93. The third kappa shape index (κ3) is 6.56. The van der Waals surface area contributed by atoms with Crippen LogP contribution in [0.25, 0.3) is 0 Å². The van der Waals surface area contributed by atoms with Gasteiger partial charge in [0, 0.05) is 38.4 Å². The molecule has 5 nitrogen and oxygen atoms in total. The zero-order valence-electron chi connectivity index (χ0n) is 19.6. The standard InChI is InChI=1S/C28H34N2O3/c1-22(25-10-8-23(9-11-25)20-29-16-13-28(2,32)14-17-29)19-30-15-12-26(18-27(30)31)33-21-24-6-4-3-5-7-24/h3-12,15,18,22,32H,13-14,16-17,19-21H2,1-2H3. The van der Waals surface area contributed by atoms with E-state index in [1.54, 1.807) is 10.6 Å². The van der Waals surface area contributed by atoms with Crippen LogP contribution < -0.4 is 10.3 Å². The number of likely N-dealkylation sites (tertiary alicyclic amines) is 1. The summed E-state index contributed by atoms with van der Waals surface area (Å²) in [6.45, 7) is 7.92. The van der Waals surface area contributed by atoms with Crippen molar-refractivity contribution in [1.29, 1.82) is 0 Å². The number of benzene rings is 2. The van der Waals surface area contributed by atoms with Gasteiger partial charge in [-0.25, -0.2) is 0 Å². The summed E-state index contributed by atoms with van der Waals surface area (Å²) in [6, 6.07) is 22.1. The summed E-state index contributed by atoms with van der Waals surface area (Å²) < 4.78 is 7.52. The van der Waals surface area contributed by atoms with Crippen LogP contribution in [0.5, 0.6) is 5.75 Å². The molecule has 174 valence electrons. The molecule has 4 rings (SSSR count). The molecule has 1 aliphatic rings. The van der Waals surface area contributed by atoms with E-state index < -0.39 is 5.60 Å². The summed E-state index contributed by atoms with van der Waals surface area (Å²) >= 11 is 0. The Morgan fingerprint density at radius 3 is 2.36 bits per heavy atom. The van der Waals surface area contributed by atoms with Gasteiger partial charge in [-0.2, -0.15) is 0 Å². The van der Waals surface area contributed by atoms with E-state index in [1.807, 2.05) is 49.5 Å². The maximum atomic E-state index is 12.6. The monoisotopic (exact) mass is 446 g/mol. The van der Waals surface area contributed by atoms with Crippen LogP contribution in [-0.4, -0.2) is 33.3 Å². The smallest absolute Gasteiger partial charge is 0.254 e. The van der Waals surface area contributed by atoms with E-state index in [0.29, 0.717) is 18.9 Å². The fourth-order valence-corrected chi connectivity index (χ4v) is 4.27. The van der Waals surface area contributed by atoms with Gasteiger partial charge in [0.1, 0.15) is 12.4 Å². The molecule has 1 fully saturated rings. The van der Waals surface area contributed by atoms with Gasteiger partial charge in [-0.05, 0) is 48.4 Å². The second kappa shape index (κ2) is 10.4. The molecule has 0 bridgehead atoms. The second-order valence-electron chi connectivity index (χ2n) is 9.54. The Bertz CT molecular complexity index is 1080. The molecular weight excluding hydrogens is 412 g/mol. The first-order valence-electron chi connectivity index (χ1n) is 11.8. The summed E-state index contributed by atoms with van der Waals surface area (Å²) in [5, 5.41) is 10.1. The Hall–Kier alpha value is -2.89. The summed E-state index contributed by atoms with van der Waals surface area (Å²) in [5.74, 6) is 0.814. The van der Waals surface area contributed by atoms with Crippen LogP contribution >= 0.6 is 0 Å². The highest BCUT2D eigenvalue weighted by molar-refractivity contribution is 5.26. The number of pyridine rings is 1. The Balaban J connectivity index is 1.31. The Morgan fingerprint density at radius 2 is 1.70 bits per heavy atom. The number of aromatic nitrogens is 1. The molecule has 0 spiro atoms. The van der Waals surface area contributed by atoms with Crippen molar-refractivity contribution in [2.24, 2.45) is 0 Å². The Morgan fingerprint density at radius 1 is 1.00 bits per heavy atom. The molecule has 1 saturated heterocycles. The van der Waals surface area contributed by atoms with E-state index in [0.717, 1.165) is 38.0 Å². The van der Waals surface area contributed by atoms with Crippen LogP contribution in [0.4, 0.5) is 0 Å². The van der Waals surface area contributed by atoms with Crippen LogP contribution in [0, 0.1) is 0 Å². The average molecular weight is 447 g/mol. The number of hydrogen-bond donors (Lipinski definition) is 1. The lowest BCUT2D eigenvalue weighted by Gasteiger charge is -2.35. The van der Waals surface area contributed by atoms with E-state index in [9.17, 15) is 9.90 Å². The second-order valence-corrected chi connectivity index (χ2v) is 9.54. The minimum absolute atomic E-state index is 0.0509. The van der Waals surface area contributed by atoms with Crippen molar-refractivity contribution in [3.05, 3.63) is 100.0 Å². The van der Waals surface area contributed by atoms with E-state index in [-0.39, 0.29) is 11.5 Å². The number of nitrogens with zero attached hydrogens (tertiary/aromatic N) is 2. The molecule has 1 aliphatic heterocycles. The molecule has 0 saturated carbocycles. The third-order valence-electron chi connectivity index (χ3n) is 6.57. The van der Waals surface area contributed by atoms with Crippen molar-refractivity contribution >= 4 is 0 Å². The number of rotatable bonds is 8. The van der Waals surface area contributed by atoms with Gasteiger partial charge in [-0.1, -0.05) is 61.5 Å². The lowest BCUT2D eigenvalue weighted by molar-refractivity contribution is -0.00730. The minimum Gasteiger partial charge on any atom is -0.489 e. The molecule has 1 atom stereocenters. The van der Waals surface area contributed by atoms with Crippen LogP contribution in [0.15, 0.2) is 77.7 Å². The first-order chi connectivity index (χ1) is 15.9. The SMILES string of the molecule is CC(Cn1ccc(OCc2ccccc2)cc1=O)c1ccc(CN2CCC(C)(O)CC2)cc1. The summed E-state index contributed by atoms with van der Waals surface area (Å²) in [7, 11) is 0. The molecule has 3 aromatic rings. The van der Waals surface area contributed by atoms with Crippen LogP contribution in [-0.2, 0) is 19.7 Å². The first-order valence-corrected chi connectivity index (χ1v) is 11.8. The van der Waals surface area contributed by atoms with Gasteiger partial charge in [-0.3, -0.25) is 9.69 Å². The van der Waals surface area contributed by atoms with Gasteiger partial charge in [0.25, 0.3) is 5.56 Å². The predicted molar refractivity (Wildman–Crippen MR) is 131 cm³/mol. The van der Waals surface area contributed by atoms with Crippen molar-refractivity contribution in [2.75, 3.05) is 13.1 Å². The third-order valence-corrected chi connectivity index (χ3v) is 6.57. The highest BCUT2D eigenvalue weighted by atomic mass is 16.5. The van der Waals surface area contributed by atoms with E-state index in [1.165, 1.54) is 11.1 Å². The van der Waals surface area contributed by atoms with Crippen molar-refractivity contribution in [2.45, 2.75) is 57.9 Å². The zero-order valence-corrected chi connectivity index (χ0v) is 19.6. The molecule has 0 amide bonds. The minimum atomic E-state index is -0.514. The van der Waals surface area contributed by atoms with Crippen molar-refractivity contribution in [3.63, 3.8) is 0 Å². The molecule has 0 radical (unpaired) electrons. The van der Waals surface area contributed by atoms with Crippen LogP contribution in [0.3, 0.4) is 0 Å². The zero-order chi connectivity index (χ0) is 23.3. The number of ether oxygens (including phenoxy) is 1. The average Bonchev–Trinajstić information content (AvgIpc) is 2.82. The molecule has 2 heterocycles. The van der Waals surface area contributed by atoms with Crippen LogP contribution in [0.1, 0.15) is 49.3 Å². The highest BCUT2D eigenvalue weighted by Crippen LogP contribution is 2.23. The summed E-state index contributed by atoms with van der Waals surface area (Å²) in [6.07, 6.45) is 3.47. The fourth-order valence-electron chi connectivity index (χ4n) is 4.27. The molecule has 5 heteroatoms. The van der Waals surface area contributed by atoms with Crippen LogP contribution in [0.2, 0.25) is 0 Å². The van der Waals surface area contributed by atoms with Gasteiger partial charge < -0.3 is 14.4 Å². The van der Waals surface area contributed by atoms with E-state index >= 15 is 0 Å². The van der Waals surface area contributed by atoms with Gasteiger partial charge in [0.2, 0.25) is 0 Å². The topological polar surface area (TPSA) is 54.7 Å². The molecule has 1 N–H and O–H groups in total. The normalized spacial score (nSPS) is 16.9. The number of aliphatic hydroxyl groups is 1. The van der Waals surface area contributed by atoms with Gasteiger partial charge in [0.15, 0.2) is 0 Å². The number of piperidine rings is 1. The van der Waals surface area contributed by atoms with Gasteiger partial charge in [0.05, 0.1) is 5.60 Å². The molecule has 0 aliphatic carbocycles. The number of hydrogen-bond acceptors (Lipinski definition) is 4. The summed E-state index contributed by atoms with van der Waals surface area (Å²) in [4.78, 5) is 15.0. The van der Waals surface area contributed by atoms with E-state index in [2.05, 4.69) is 36.1 Å². The molecular formula is C28H34N2O3. The Labute approximate surface area is 196 Å². The predicted octanol–water partition coefficient (Wildman–Crippen LogP) is 4.58. The summed E-state index contributed by atoms with van der Waals surface area (Å²) in [5.41, 5.74) is 3.01. The maximum Gasteiger partial charge on any atom is 0.254 e. The van der Waals surface area contributed by atoms with Gasteiger partial charge >= 0.3 is 0 Å². The van der Waals surface area contributed by atoms with Crippen molar-refractivity contribution < 1.29 is 9.84 Å². The molecule has 2 aromatic carbocycles. The lowest BCUT2D eigenvalue weighted by Crippen LogP contribution is -2.41. The highest BCUT2D eigenvalue weighted by Gasteiger charge is 2.27.